The number of thioether (sulfide) groups is 1. The number of benzene rings is 1. The first-order valence-electron chi connectivity index (χ1n) is 7.09. The molecule has 0 saturated heterocycles. The normalized spacial score (nSPS) is 11.3. The van der Waals surface area contributed by atoms with Crippen LogP contribution in [0, 0.1) is 6.92 Å². The second-order valence-electron chi connectivity index (χ2n) is 4.77. The molecule has 0 spiro atoms. The number of amides is 1. The standard InChI is InChI=1S/C16H19N3O2S2/c1-12-2-4-14(5-3-12)23-9-7-18-15(20)10-21-19-16(17)13-6-8-22-11-13/h2-6,8,11H,7,9-10H2,1H3,(H2,17,19)(H,18,20). The van der Waals surface area contributed by atoms with Crippen LogP contribution in [0.4, 0.5) is 0 Å². The molecule has 0 atom stereocenters. The van der Waals surface area contributed by atoms with Crippen LogP contribution in [0.15, 0.2) is 51.1 Å². The SMILES string of the molecule is Cc1ccc(SCCNC(=O)CO/N=C(/N)c2ccsc2)cc1. The topological polar surface area (TPSA) is 76.7 Å². The van der Waals surface area contributed by atoms with E-state index in [-0.39, 0.29) is 18.3 Å². The number of oxime groups is 1. The first kappa shape index (κ1) is 17.4. The summed E-state index contributed by atoms with van der Waals surface area (Å²) in [7, 11) is 0. The van der Waals surface area contributed by atoms with Crippen molar-refractivity contribution in [2.24, 2.45) is 10.9 Å². The number of carbonyl (C=O) groups is 1. The lowest BCUT2D eigenvalue weighted by molar-refractivity contribution is -0.125. The fourth-order valence-electron chi connectivity index (χ4n) is 1.67. The number of carbonyl (C=O) groups excluding carboxylic acids is 1. The van der Waals surface area contributed by atoms with Gasteiger partial charge in [-0.3, -0.25) is 4.79 Å². The molecular formula is C16H19N3O2S2. The minimum absolute atomic E-state index is 0.139. The van der Waals surface area contributed by atoms with Crippen LogP contribution < -0.4 is 11.1 Å². The average molecular weight is 349 g/mol. The highest BCUT2D eigenvalue weighted by atomic mass is 32.2. The lowest BCUT2D eigenvalue weighted by Crippen LogP contribution is -2.29. The number of amidine groups is 1. The van der Waals surface area contributed by atoms with Crippen LogP contribution in [0.25, 0.3) is 0 Å². The van der Waals surface area contributed by atoms with E-state index in [9.17, 15) is 4.79 Å². The third-order valence-electron chi connectivity index (χ3n) is 2.89. The van der Waals surface area contributed by atoms with E-state index < -0.39 is 0 Å². The Morgan fingerprint density at radius 3 is 2.83 bits per heavy atom. The highest BCUT2D eigenvalue weighted by molar-refractivity contribution is 7.99. The molecule has 1 heterocycles. The summed E-state index contributed by atoms with van der Waals surface area (Å²) in [5, 5.41) is 10.3. The van der Waals surface area contributed by atoms with Gasteiger partial charge in [0.2, 0.25) is 0 Å². The molecule has 0 saturated carbocycles. The monoisotopic (exact) mass is 349 g/mol. The highest BCUT2D eigenvalue weighted by Crippen LogP contribution is 2.17. The van der Waals surface area contributed by atoms with Gasteiger partial charge in [0.05, 0.1) is 0 Å². The molecule has 7 heteroatoms. The molecule has 0 aliphatic rings. The maximum atomic E-state index is 11.6. The van der Waals surface area contributed by atoms with E-state index in [1.807, 2.05) is 16.8 Å². The third kappa shape index (κ3) is 6.33. The van der Waals surface area contributed by atoms with Gasteiger partial charge in [0.25, 0.3) is 5.91 Å². The van der Waals surface area contributed by atoms with Crippen LogP contribution >= 0.6 is 23.1 Å². The van der Waals surface area contributed by atoms with Gasteiger partial charge in [-0.1, -0.05) is 22.9 Å². The van der Waals surface area contributed by atoms with E-state index in [1.54, 1.807) is 11.8 Å². The summed E-state index contributed by atoms with van der Waals surface area (Å²) in [4.78, 5) is 17.8. The summed E-state index contributed by atoms with van der Waals surface area (Å²) in [6.45, 7) is 2.49. The Kier molecular flexibility index (Phi) is 6.96. The lowest BCUT2D eigenvalue weighted by atomic mass is 10.2. The van der Waals surface area contributed by atoms with Gasteiger partial charge in [-0.15, -0.1) is 11.8 Å². The maximum absolute atomic E-state index is 11.6. The number of thiophene rings is 1. The van der Waals surface area contributed by atoms with Gasteiger partial charge in [-0.05, 0) is 30.5 Å². The van der Waals surface area contributed by atoms with Crippen molar-refractivity contribution >= 4 is 34.8 Å². The molecule has 0 bridgehead atoms. The number of hydrogen-bond donors (Lipinski definition) is 2. The van der Waals surface area contributed by atoms with Crippen molar-refractivity contribution in [1.29, 1.82) is 0 Å². The molecule has 122 valence electrons. The van der Waals surface area contributed by atoms with Crippen molar-refractivity contribution in [3.05, 3.63) is 52.2 Å². The number of nitrogens with two attached hydrogens (primary N) is 1. The van der Waals surface area contributed by atoms with Gasteiger partial charge < -0.3 is 15.9 Å². The number of aryl methyl sites for hydroxylation is 1. The van der Waals surface area contributed by atoms with Crippen LogP contribution in [0.3, 0.4) is 0 Å². The van der Waals surface area contributed by atoms with Gasteiger partial charge in [0, 0.05) is 28.1 Å². The number of nitrogens with one attached hydrogen (secondary N) is 1. The van der Waals surface area contributed by atoms with Crippen LogP contribution in [0.1, 0.15) is 11.1 Å². The van der Waals surface area contributed by atoms with Crippen molar-refractivity contribution in [3.8, 4) is 0 Å². The van der Waals surface area contributed by atoms with Gasteiger partial charge in [0.15, 0.2) is 12.4 Å². The zero-order valence-electron chi connectivity index (χ0n) is 12.8. The van der Waals surface area contributed by atoms with Crippen molar-refractivity contribution in [2.75, 3.05) is 18.9 Å². The molecule has 0 fully saturated rings. The molecule has 2 rings (SSSR count). The zero-order chi connectivity index (χ0) is 16.5. The number of nitrogens with zero attached hydrogens (tertiary/aromatic N) is 1. The Bertz CT molecular complexity index is 640. The Morgan fingerprint density at radius 2 is 2.13 bits per heavy atom. The zero-order valence-corrected chi connectivity index (χ0v) is 14.5. The van der Waals surface area contributed by atoms with E-state index in [1.165, 1.54) is 21.8 Å². The van der Waals surface area contributed by atoms with Gasteiger partial charge in [-0.2, -0.15) is 11.3 Å². The predicted molar refractivity (Wildman–Crippen MR) is 95.9 cm³/mol. The van der Waals surface area contributed by atoms with Crippen molar-refractivity contribution < 1.29 is 9.63 Å². The molecule has 0 aliphatic carbocycles. The molecule has 23 heavy (non-hydrogen) atoms. The quantitative estimate of drug-likeness (QED) is 0.252. The minimum Gasteiger partial charge on any atom is -0.384 e. The molecule has 0 aliphatic heterocycles. The molecular weight excluding hydrogens is 330 g/mol. The van der Waals surface area contributed by atoms with E-state index in [4.69, 9.17) is 10.6 Å². The average Bonchev–Trinajstić information content (AvgIpc) is 3.08. The van der Waals surface area contributed by atoms with E-state index in [2.05, 4.69) is 41.7 Å². The first-order chi connectivity index (χ1) is 11.1. The minimum atomic E-state index is -0.212. The largest absolute Gasteiger partial charge is 0.384 e. The molecule has 3 N–H and O–H groups in total. The third-order valence-corrected chi connectivity index (χ3v) is 4.59. The first-order valence-corrected chi connectivity index (χ1v) is 9.02. The summed E-state index contributed by atoms with van der Waals surface area (Å²) in [6.07, 6.45) is 0. The number of rotatable bonds is 8. The second-order valence-corrected chi connectivity index (χ2v) is 6.72. The van der Waals surface area contributed by atoms with Crippen LogP contribution in [0.5, 0.6) is 0 Å². The molecule has 0 radical (unpaired) electrons. The van der Waals surface area contributed by atoms with Gasteiger partial charge in [-0.25, -0.2) is 0 Å². The fourth-order valence-corrected chi connectivity index (χ4v) is 3.09. The lowest BCUT2D eigenvalue weighted by Gasteiger charge is -2.05. The molecule has 1 aromatic carbocycles. The molecule has 2 aromatic rings. The van der Waals surface area contributed by atoms with Gasteiger partial charge >= 0.3 is 0 Å². The summed E-state index contributed by atoms with van der Waals surface area (Å²) < 4.78 is 0. The van der Waals surface area contributed by atoms with Gasteiger partial charge in [0.1, 0.15) is 0 Å². The molecule has 1 amide bonds. The fraction of sp³-hybridized carbons (Fsp3) is 0.250. The Morgan fingerprint density at radius 1 is 1.35 bits per heavy atom. The van der Waals surface area contributed by atoms with Crippen LogP contribution in [-0.4, -0.2) is 30.6 Å². The summed E-state index contributed by atoms with van der Waals surface area (Å²) in [5.41, 5.74) is 7.75. The van der Waals surface area contributed by atoms with E-state index in [0.717, 1.165) is 11.3 Å². The highest BCUT2D eigenvalue weighted by Gasteiger charge is 2.03. The maximum Gasteiger partial charge on any atom is 0.260 e. The van der Waals surface area contributed by atoms with Crippen molar-refractivity contribution in [1.82, 2.24) is 5.32 Å². The van der Waals surface area contributed by atoms with Crippen LogP contribution in [0.2, 0.25) is 0 Å². The Balaban J connectivity index is 1.60. The van der Waals surface area contributed by atoms with Crippen molar-refractivity contribution in [3.63, 3.8) is 0 Å². The molecule has 5 nitrogen and oxygen atoms in total. The summed E-state index contributed by atoms with van der Waals surface area (Å²) in [5.74, 6) is 0.861. The van der Waals surface area contributed by atoms with E-state index in [0.29, 0.717) is 6.54 Å². The molecule has 1 aromatic heterocycles. The van der Waals surface area contributed by atoms with Crippen molar-refractivity contribution in [2.45, 2.75) is 11.8 Å². The number of hydrogen-bond acceptors (Lipinski definition) is 5. The molecule has 0 unspecified atom stereocenters. The second kappa shape index (κ2) is 9.22. The smallest absolute Gasteiger partial charge is 0.260 e. The van der Waals surface area contributed by atoms with E-state index >= 15 is 0 Å². The summed E-state index contributed by atoms with van der Waals surface area (Å²) >= 11 is 3.22. The Labute approximate surface area is 143 Å². The summed E-state index contributed by atoms with van der Waals surface area (Å²) in [6, 6.07) is 10.1. The van der Waals surface area contributed by atoms with Crippen LogP contribution in [-0.2, 0) is 9.63 Å². The predicted octanol–water partition coefficient (Wildman–Crippen LogP) is 2.60. The Hall–Kier alpha value is -1.99.